The number of hydrogen-bond acceptors (Lipinski definition) is 5. The predicted molar refractivity (Wildman–Crippen MR) is 146 cm³/mol. The number of carbonyl (C=O) groups excluding carboxylic acids is 1. The molecule has 2 atom stereocenters. The molecule has 6 heteroatoms. The number of Topliss-reactive ketones (excluding diaryl/α,β-unsaturated/α-hetero) is 1. The van der Waals surface area contributed by atoms with Crippen LogP contribution in [0.25, 0.3) is 0 Å². The van der Waals surface area contributed by atoms with Gasteiger partial charge in [-0.3, -0.25) is 4.79 Å². The second-order valence-corrected chi connectivity index (χ2v) is 9.94. The molecule has 186 valence electrons. The van der Waals surface area contributed by atoms with Gasteiger partial charge in [-0.1, -0.05) is 48.0 Å². The van der Waals surface area contributed by atoms with Gasteiger partial charge in [0.15, 0.2) is 5.78 Å². The first kappa shape index (κ1) is 23.4. The number of ether oxygens (including phenoxy) is 1. The van der Waals surface area contributed by atoms with Crippen LogP contribution in [0.15, 0.2) is 107 Å². The van der Waals surface area contributed by atoms with E-state index >= 15 is 0 Å². The van der Waals surface area contributed by atoms with Crippen LogP contribution in [0.2, 0.25) is 5.02 Å². The van der Waals surface area contributed by atoms with Gasteiger partial charge in [0.2, 0.25) is 0 Å². The molecule has 0 unspecified atom stereocenters. The maximum absolute atomic E-state index is 14.0. The van der Waals surface area contributed by atoms with E-state index in [9.17, 15) is 4.79 Å². The van der Waals surface area contributed by atoms with Gasteiger partial charge in [-0.25, -0.2) is 0 Å². The number of hydrogen-bond donors (Lipinski definition) is 1. The van der Waals surface area contributed by atoms with Crippen LogP contribution in [-0.4, -0.2) is 12.9 Å². The van der Waals surface area contributed by atoms with Crippen LogP contribution in [0, 0.1) is 0 Å². The normalized spacial score (nSPS) is 19.1. The number of para-hydroxylation sites is 2. The Morgan fingerprint density at radius 1 is 0.973 bits per heavy atom. The zero-order valence-corrected chi connectivity index (χ0v) is 21.2. The van der Waals surface area contributed by atoms with E-state index in [1.165, 1.54) is 0 Å². The summed E-state index contributed by atoms with van der Waals surface area (Å²) >= 11 is 6.27. The highest BCUT2D eigenvalue weighted by Crippen LogP contribution is 2.48. The average Bonchev–Trinajstić information content (AvgIpc) is 3.42. The summed E-state index contributed by atoms with van der Waals surface area (Å²) in [7, 11) is 1.67. The third kappa shape index (κ3) is 4.51. The Hall–Kier alpha value is -3.96. The van der Waals surface area contributed by atoms with Crippen LogP contribution >= 0.6 is 11.6 Å². The number of allylic oxidation sites excluding steroid dienone is 1. The molecule has 0 saturated heterocycles. The first-order valence-electron chi connectivity index (χ1n) is 12.4. The minimum absolute atomic E-state index is 0.0000757. The Labute approximate surface area is 221 Å². The molecule has 0 fully saturated rings. The molecule has 0 spiro atoms. The van der Waals surface area contributed by atoms with Gasteiger partial charge in [0.1, 0.15) is 11.5 Å². The minimum atomic E-state index is -0.282. The highest BCUT2D eigenvalue weighted by atomic mass is 35.5. The Kier molecular flexibility index (Phi) is 6.23. The second kappa shape index (κ2) is 9.83. The van der Waals surface area contributed by atoms with Crippen molar-refractivity contribution in [2.45, 2.75) is 31.3 Å². The number of nitrogens with zero attached hydrogens (tertiary/aromatic N) is 1. The van der Waals surface area contributed by atoms with Crippen LogP contribution in [0.5, 0.6) is 5.75 Å². The van der Waals surface area contributed by atoms with Crippen molar-refractivity contribution in [3.05, 3.63) is 124 Å². The molecule has 3 aromatic carbocycles. The summed E-state index contributed by atoms with van der Waals surface area (Å²) in [6, 6.07) is 27.7. The van der Waals surface area contributed by atoms with Gasteiger partial charge in [0.25, 0.3) is 0 Å². The van der Waals surface area contributed by atoms with Crippen LogP contribution in [0.4, 0.5) is 11.4 Å². The number of ketones is 1. The lowest BCUT2D eigenvalue weighted by Crippen LogP contribution is -2.34. The molecule has 2 heterocycles. The number of nitrogens with one attached hydrogen (secondary N) is 1. The second-order valence-electron chi connectivity index (χ2n) is 9.51. The summed E-state index contributed by atoms with van der Waals surface area (Å²) in [5.41, 5.74) is 5.91. The number of halogens is 1. The smallest absolute Gasteiger partial charge is 0.163 e. The molecule has 5 nitrogen and oxygen atoms in total. The fraction of sp³-hybridized carbons (Fsp3) is 0.194. The summed E-state index contributed by atoms with van der Waals surface area (Å²) < 4.78 is 11.1. The topological polar surface area (TPSA) is 54.7 Å². The molecular weight excluding hydrogens is 484 g/mol. The van der Waals surface area contributed by atoms with Crippen LogP contribution in [0.3, 0.4) is 0 Å². The molecule has 6 rings (SSSR count). The number of carbonyl (C=O) groups is 1. The number of furan rings is 1. The molecule has 4 aromatic rings. The van der Waals surface area contributed by atoms with E-state index in [0.717, 1.165) is 45.3 Å². The molecular formula is C31H27ClN2O3. The zero-order valence-electron chi connectivity index (χ0n) is 20.5. The zero-order chi connectivity index (χ0) is 25.4. The van der Waals surface area contributed by atoms with Gasteiger partial charge in [0.05, 0.1) is 30.8 Å². The quantitative estimate of drug-likeness (QED) is 0.301. The van der Waals surface area contributed by atoms with Gasteiger partial charge < -0.3 is 19.4 Å². The van der Waals surface area contributed by atoms with E-state index < -0.39 is 0 Å². The monoisotopic (exact) mass is 510 g/mol. The lowest BCUT2D eigenvalue weighted by atomic mass is 9.80. The molecule has 1 aliphatic carbocycles. The van der Waals surface area contributed by atoms with E-state index in [4.69, 9.17) is 20.8 Å². The molecule has 0 saturated carbocycles. The third-order valence-corrected chi connectivity index (χ3v) is 7.49. The van der Waals surface area contributed by atoms with Crippen LogP contribution in [-0.2, 0) is 11.3 Å². The molecule has 2 aliphatic rings. The lowest BCUT2D eigenvalue weighted by molar-refractivity contribution is -0.116. The molecule has 1 aliphatic heterocycles. The summed E-state index contributed by atoms with van der Waals surface area (Å²) in [4.78, 5) is 16.3. The summed E-state index contributed by atoms with van der Waals surface area (Å²) in [5.74, 6) is 1.78. The van der Waals surface area contributed by atoms with Crippen molar-refractivity contribution >= 4 is 28.8 Å². The van der Waals surface area contributed by atoms with E-state index in [-0.39, 0.29) is 17.7 Å². The lowest BCUT2D eigenvalue weighted by Gasteiger charge is -2.36. The Balaban J connectivity index is 1.51. The number of anilines is 2. The van der Waals surface area contributed by atoms with Crippen molar-refractivity contribution in [3.8, 4) is 5.75 Å². The number of fused-ring (bicyclic) bond motifs is 1. The van der Waals surface area contributed by atoms with Gasteiger partial charge >= 0.3 is 0 Å². The van der Waals surface area contributed by atoms with E-state index in [1.807, 2.05) is 60.7 Å². The maximum atomic E-state index is 14.0. The van der Waals surface area contributed by atoms with E-state index in [2.05, 4.69) is 34.5 Å². The third-order valence-electron chi connectivity index (χ3n) is 7.24. The van der Waals surface area contributed by atoms with Crippen LogP contribution in [0.1, 0.15) is 41.7 Å². The summed E-state index contributed by atoms with van der Waals surface area (Å²) in [6.07, 6.45) is 2.78. The van der Waals surface area contributed by atoms with E-state index in [1.54, 1.807) is 13.4 Å². The van der Waals surface area contributed by atoms with E-state index in [0.29, 0.717) is 24.4 Å². The standard InChI is InChI=1S/C31H27ClN2O3/c1-36-24-14-8-20(9-15-24)19-34-27-6-3-2-5-25(27)33-26-17-22(29-7-4-16-37-29)18-28(35)30(26)31(34)21-10-12-23(32)13-11-21/h2-16,22,31,33H,17-19H2,1H3/t22-,31-/m1/s1. The van der Waals surface area contributed by atoms with Gasteiger partial charge in [0, 0.05) is 35.2 Å². The largest absolute Gasteiger partial charge is 0.497 e. The van der Waals surface area contributed by atoms with Crippen molar-refractivity contribution in [3.63, 3.8) is 0 Å². The first-order chi connectivity index (χ1) is 18.1. The van der Waals surface area contributed by atoms with Crippen molar-refractivity contribution in [2.75, 3.05) is 17.3 Å². The highest BCUT2D eigenvalue weighted by molar-refractivity contribution is 6.30. The Bertz CT molecular complexity index is 1440. The van der Waals surface area contributed by atoms with Crippen LogP contribution < -0.4 is 15.0 Å². The predicted octanol–water partition coefficient (Wildman–Crippen LogP) is 7.52. The fourth-order valence-electron chi connectivity index (χ4n) is 5.47. The van der Waals surface area contributed by atoms with Crippen molar-refractivity contribution in [2.24, 2.45) is 0 Å². The molecule has 0 amide bonds. The average molecular weight is 511 g/mol. The molecule has 1 aromatic heterocycles. The summed E-state index contributed by atoms with van der Waals surface area (Å²) in [6.45, 7) is 0.613. The van der Waals surface area contributed by atoms with Crippen molar-refractivity contribution in [1.82, 2.24) is 0 Å². The first-order valence-corrected chi connectivity index (χ1v) is 12.8. The Morgan fingerprint density at radius 3 is 2.49 bits per heavy atom. The Morgan fingerprint density at radius 2 is 1.76 bits per heavy atom. The minimum Gasteiger partial charge on any atom is -0.497 e. The summed E-state index contributed by atoms with van der Waals surface area (Å²) in [5, 5.41) is 4.32. The molecule has 37 heavy (non-hydrogen) atoms. The molecule has 1 N–H and O–H groups in total. The highest BCUT2D eigenvalue weighted by Gasteiger charge is 2.40. The van der Waals surface area contributed by atoms with Crippen molar-refractivity contribution < 1.29 is 13.9 Å². The van der Waals surface area contributed by atoms with Gasteiger partial charge in [-0.15, -0.1) is 0 Å². The number of rotatable bonds is 5. The fourth-order valence-corrected chi connectivity index (χ4v) is 5.60. The maximum Gasteiger partial charge on any atom is 0.163 e. The molecule has 0 bridgehead atoms. The SMILES string of the molecule is COc1ccc(CN2c3ccccc3NC3=C(C(=O)C[C@H](c4ccco4)C3)[C@H]2c2ccc(Cl)cc2)cc1. The van der Waals surface area contributed by atoms with Gasteiger partial charge in [-0.05, 0) is 66.1 Å². The number of methoxy groups -OCH3 is 1. The van der Waals surface area contributed by atoms with Crippen molar-refractivity contribution in [1.29, 1.82) is 0 Å². The number of benzene rings is 3. The molecule has 0 radical (unpaired) electrons. The van der Waals surface area contributed by atoms with Gasteiger partial charge in [-0.2, -0.15) is 0 Å².